The van der Waals surface area contributed by atoms with Crippen LogP contribution in [0.5, 0.6) is 0 Å². The second kappa shape index (κ2) is 46.5. The predicted octanol–water partition coefficient (Wildman–Crippen LogP) is 16.7. The van der Waals surface area contributed by atoms with E-state index >= 15 is 0 Å². The number of hydrogen-bond donors (Lipinski definition) is 0. The van der Waals surface area contributed by atoms with E-state index in [4.69, 9.17) is 14.2 Å². The molecule has 6 heteroatoms. The number of ether oxygens (including phenoxy) is 3. The van der Waals surface area contributed by atoms with Crippen LogP contribution in [-0.2, 0) is 28.6 Å². The summed E-state index contributed by atoms with van der Waals surface area (Å²) in [6.45, 7) is 9.02. The van der Waals surface area contributed by atoms with Crippen LogP contribution < -0.4 is 0 Å². The monoisotopic (exact) mass is 821 g/mol. The normalized spacial score (nSPS) is 11.9. The van der Waals surface area contributed by atoms with Crippen molar-refractivity contribution >= 4 is 17.9 Å². The Morgan fingerprint density at radius 2 is 0.569 bits per heavy atom. The molecule has 0 saturated heterocycles. The summed E-state index contributed by atoms with van der Waals surface area (Å²) < 4.78 is 16.8. The van der Waals surface area contributed by atoms with E-state index in [2.05, 4.69) is 27.7 Å². The first-order valence-electron chi connectivity index (χ1n) is 25.9. The third-order valence-corrected chi connectivity index (χ3v) is 11.8. The lowest BCUT2D eigenvalue weighted by molar-refractivity contribution is -0.167. The molecule has 6 nitrogen and oxygen atoms in total. The number of hydrogen-bond acceptors (Lipinski definition) is 6. The van der Waals surface area contributed by atoms with Crippen molar-refractivity contribution < 1.29 is 28.6 Å². The summed E-state index contributed by atoms with van der Waals surface area (Å²) >= 11 is 0. The first kappa shape index (κ1) is 56.4. The fraction of sp³-hybridized carbons (Fsp3) is 0.942. The van der Waals surface area contributed by atoms with Crippen LogP contribution in [0.4, 0.5) is 0 Å². The highest BCUT2D eigenvalue weighted by Crippen LogP contribution is 2.17. The maximum absolute atomic E-state index is 12.7. The lowest BCUT2D eigenvalue weighted by atomic mass is 10.0. The van der Waals surface area contributed by atoms with Crippen molar-refractivity contribution in [2.45, 2.75) is 297 Å². The molecule has 0 aromatic rings. The van der Waals surface area contributed by atoms with Gasteiger partial charge in [-0.15, -0.1) is 0 Å². The van der Waals surface area contributed by atoms with Crippen LogP contribution in [-0.4, -0.2) is 37.2 Å². The van der Waals surface area contributed by atoms with E-state index in [9.17, 15) is 14.4 Å². The van der Waals surface area contributed by atoms with Crippen molar-refractivity contribution in [3.8, 4) is 0 Å². The van der Waals surface area contributed by atoms with E-state index in [0.717, 1.165) is 63.7 Å². The highest BCUT2D eigenvalue weighted by Gasteiger charge is 2.19. The van der Waals surface area contributed by atoms with Gasteiger partial charge in [-0.05, 0) is 25.2 Å². The van der Waals surface area contributed by atoms with Crippen LogP contribution in [0.2, 0.25) is 0 Å². The standard InChI is InChI=1S/C52H100O6/c1-5-7-9-11-13-15-16-24-28-31-35-39-43-50(53)56-46-49(58-52(55)45-41-37-33-26-14-12-10-8-6-2)47-57-51(54)44-40-36-32-29-25-22-20-18-17-19-21-23-27-30-34-38-42-48(3)4/h48-49H,5-47H2,1-4H3/t49-/m0/s1. The van der Waals surface area contributed by atoms with E-state index in [0.29, 0.717) is 19.3 Å². The van der Waals surface area contributed by atoms with Gasteiger partial charge in [0.25, 0.3) is 0 Å². The van der Waals surface area contributed by atoms with E-state index in [1.165, 1.54) is 186 Å². The van der Waals surface area contributed by atoms with Gasteiger partial charge >= 0.3 is 17.9 Å². The molecule has 0 N–H and O–H groups in total. The summed E-state index contributed by atoms with van der Waals surface area (Å²) in [6.07, 6.45) is 48.1. The molecule has 344 valence electrons. The Morgan fingerprint density at radius 3 is 0.845 bits per heavy atom. The lowest BCUT2D eigenvalue weighted by Gasteiger charge is -2.18. The number of carbonyl (C=O) groups is 3. The molecule has 58 heavy (non-hydrogen) atoms. The van der Waals surface area contributed by atoms with Crippen LogP contribution >= 0.6 is 0 Å². The van der Waals surface area contributed by atoms with Gasteiger partial charge in [0, 0.05) is 19.3 Å². The lowest BCUT2D eigenvalue weighted by Crippen LogP contribution is -2.30. The van der Waals surface area contributed by atoms with Crippen LogP contribution in [0.3, 0.4) is 0 Å². The molecule has 0 heterocycles. The van der Waals surface area contributed by atoms with Gasteiger partial charge in [0.05, 0.1) is 0 Å². The highest BCUT2D eigenvalue weighted by atomic mass is 16.6. The van der Waals surface area contributed by atoms with Gasteiger partial charge in [0.2, 0.25) is 0 Å². The van der Waals surface area contributed by atoms with Crippen molar-refractivity contribution in [3.63, 3.8) is 0 Å². The summed E-state index contributed by atoms with van der Waals surface area (Å²) in [5, 5.41) is 0. The number of carbonyl (C=O) groups excluding carboxylic acids is 3. The maximum Gasteiger partial charge on any atom is 0.306 e. The van der Waals surface area contributed by atoms with E-state index < -0.39 is 6.10 Å². The molecule has 0 aromatic heterocycles. The molecule has 0 rings (SSSR count). The highest BCUT2D eigenvalue weighted by molar-refractivity contribution is 5.71. The summed E-state index contributed by atoms with van der Waals surface area (Å²) in [5.74, 6) is 0.00550. The molecule has 0 radical (unpaired) electrons. The topological polar surface area (TPSA) is 78.9 Å². The first-order chi connectivity index (χ1) is 28.4. The van der Waals surface area contributed by atoms with Gasteiger partial charge in [0.1, 0.15) is 13.2 Å². The zero-order chi connectivity index (χ0) is 42.4. The molecule has 0 aliphatic rings. The van der Waals surface area contributed by atoms with Crippen LogP contribution in [0.25, 0.3) is 0 Å². The molecular formula is C52H100O6. The molecule has 0 aliphatic heterocycles. The molecular weight excluding hydrogens is 721 g/mol. The quantitative estimate of drug-likeness (QED) is 0.0346. The second-order valence-corrected chi connectivity index (χ2v) is 18.3. The van der Waals surface area contributed by atoms with Crippen molar-refractivity contribution in [1.82, 2.24) is 0 Å². The molecule has 0 saturated carbocycles. The van der Waals surface area contributed by atoms with Crippen molar-refractivity contribution in [1.29, 1.82) is 0 Å². The maximum atomic E-state index is 12.7. The van der Waals surface area contributed by atoms with Crippen LogP contribution in [0.1, 0.15) is 291 Å². The van der Waals surface area contributed by atoms with Crippen molar-refractivity contribution in [3.05, 3.63) is 0 Å². The van der Waals surface area contributed by atoms with Crippen molar-refractivity contribution in [2.24, 2.45) is 5.92 Å². The van der Waals surface area contributed by atoms with Crippen LogP contribution in [0.15, 0.2) is 0 Å². The Hall–Kier alpha value is -1.59. The number of esters is 3. The molecule has 0 bridgehead atoms. The number of rotatable bonds is 47. The SMILES string of the molecule is CCCCCCCCCCCCCCC(=O)OC[C@@H](COC(=O)CCCCCCCCCCCCCCCCCCC(C)C)OC(=O)CCCCCCCCCCC. The fourth-order valence-corrected chi connectivity index (χ4v) is 7.86. The minimum absolute atomic E-state index is 0.0628. The van der Waals surface area contributed by atoms with Gasteiger partial charge in [-0.1, -0.05) is 252 Å². The van der Waals surface area contributed by atoms with Gasteiger partial charge in [0.15, 0.2) is 6.10 Å². The largest absolute Gasteiger partial charge is 0.462 e. The Labute approximate surface area is 361 Å². The summed E-state index contributed by atoms with van der Waals surface area (Å²) in [4.78, 5) is 37.8. The molecule has 0 unspecified atom stereocenters. The van der Waals surface area contributed by atoms with E-state index in [1.807, 2.05) is 0 Å². The zero-order valence-corrected chi connectivity index (χ0v) is 39.5. The van der Waals surface area contributed by atoms with Gasteiger partial charge in [-0.2, -0.15) is 0 Å². The Kier molecular flexibility index (Phi) is 45.2. The second-order valence-electron chi connectivity index (χ2n) is 18.3. The van der Waals surface area contributed by atoms with E-state index in [1.54, 1.807) is 0 Å². The Balaban J connectivity index is 4.19. The minimum Gasteiger partial charge on any atom is -0.462 e. The summed E-state index contributed by atoms with van der Waals surface area (Å²) in [6, 6.07) is 0. The molecule has 0 aliphatic carbocycles. The van der Waals surface area contributed by atoms with Gasteiger partial charge in [-0.25, -0.2) is 0 Å². The smallest absolute Gasteiger partial charge is 0.306 e. The predicted molar refractivity (Wildman–Crippen MR) is 247 cm³/mol. The molecule has 0 fully saturated rings. The van der Waals surface area contributed by atoms with Crippen molar-refractivity contribution in [2.75, 3.05) is 13.2 Å². The molecule has 0 spiro atoms. The summed E-state index contributed by atoms with van der Waals surface area (Å²) in [5.41, 5.74) is 0. The minimum atomic E-state index is -0.759. The Morgan fingerprint density at radius 1 is 0.328 bits per heavy atom. The average Bonchev–Trinajstić information content (AvgIpc) is 3.21. The Bertz CT molecular complexity index is 872. The third-order valence-electron chi connectivity index (χ3n) is 11.8. The number of unbranched alkanes of at least 4 members (excludes halogenated alkanes) is 34. The molecule has 0 amide bonds. The summed E-state index contributed by atoms with van der Waals surface area (Å²) in [7, 11) is 0. The average molecular weight is 821 g/mol. The molecule has 1 atom stereocenters. The van der Waals surface area contributed by atoms with Gasteiger partial charge < -0.3 is 14.2 Å². The zero-order valence-electron chi connectivity index (χ0n) is 39.5. The fourth-order valence-electron chi connectivity index (χ4n) is 7.86. The van der Waals surface area contributed by atoms with Gasteiger partial charge in [-0.3, -0.25) is 14.4 Å². The first-order valence-corrected chi connectivity index (χ1v) is 25.9. The van der Waals surface area contributed by atoms with E-state index in [-0.39, 0.29) is 31.1 Å². The molecule has 0 aromatic carbocycles. The van der Waals surface area contributed by atoms with Crippen LogP contribution in [0, 0.1) is 5.92 Å². The third kappa shape index (κ3) is 45.5.